The topological polar surface area (TPSA) is 83.6 Å². The van der Waals surface area contributed by atoms with Crippen LogP contribution in [0.15, 0.2) is 36.4 Å². The molecule has 3 heterocycles. The summed E-state index contributed by atoms with van der Waals surface area (Å²) in [6, 6.07) is 11.6. The van der Waals surface area contributed by atoms with Crippen molar-refractivity contribution in [3.05, 3.63) is 53.2 Å². The Morgan fingerprint density at radius 2 is 1.88 bits per heavy atom. The fourth-order valence-corrected chi connectivity index (χ4v) is 4.74. The summed E-state index contributed by atoms with van der Waals surface area (Å²) in [5.41, 5.74) is 3.32. The molecule has 2 N–H and O–H groups in total. The number of pyridine rings is 1. The number of nitrogens with zero attached hydrogens (tertiary/aromatic N) is 2. The molecule has 1 aromatic carbocycles. The molecular formula is C25H32N4O3. The summed E-state index contributed by atoms with van der Waals surface area (Å²) in [5, 5.41) is 6.70. The van der Waals surface area contributed by atoms with Gasteiger partial charge in [0.25, 0.3) is 5.91 Å². The highest BCUT2D eigenvalue weighted by Crippen LogP contribution is 2.42. The van der Waals surface area contributed by atoms with Crippen LogP contribution in [0.3, 0.4) is 0 Å². The van der Waals surface area contributed by atoms with Crippen molar-refractivity contribution in [2.24, 2.45) is 5.92 Å². The van der Waals surface area contributed by atoms with Crippen LogP contribution in [0.1, 0.15) is 61.3 Å². The minimum atomic E-state index is -0.0900. The van der Waals surface area contributed by atoms with Gasteiger partial charge in [0, 0.05) is 55.1 Å². The number of nitrogens with one attached hydrogen (secondary N) is 2. The van der Waals surface area contributed by atoms with Crippen LogP contribution in [-0.2, 0) is 9.53 Å². The van der Waals surface area contributed by atoms with Crippen LogP contribution in [-0.4, -0.2) is 42.1 Å². The molecule has 3 unspecified atom stereocenters. The van der Waals surface area contributed by atoms with E-state index < -0.39 is 0 Å². The normalized spacial score (nSPS) is 23.4. The van der Waals surface area contributed by atoms with Crippen molar-refractivity contribution in [3.8, 4) is 0 Å². The zero-order chi connectivity index (χ0) is 22.8. The molecule has 1 fully saturated rings. The second-order valence-electron chi connectivity index (χ2n) is 8.91. The Balaban J connectivity index is 1.69. The highest BCUT2D eigenvalue weighted by molar-refractivity contribution is 5.98. The van der Waals surface area contributed by atoms with Gasteiger partial charge < -0.3 is 20.3 Å². The average molecular weight is 437 g/mol. The second-order valence-corrected chi connectivity index (χ2v) is 8.91. The summed E-state index contributed by atoms with van der Waals surface area (Å²) in [7, 11) is 0. The zero-order valence-corrected chi connectivity index (χ0v) is 19.2. The number of amides is 2. The van der Waals surface area contributed by atoms with Crippen LogP contribution in [0.5, 0.6) is 0 Å². The van der Waals surface area contributed by atoms with Crippen molar-refractivity contribution in [2.75, 3.05) is 23.4 Å². The maximum absolute atomic E-state index is 13.0. The van der Waals surface area contributed by atoms with Gasteiger partial charge in [-0.2, -0.15) is 0 Å². The minimum Gasteiger partial charge on any atom is -0.381 e. The first-order valence-electron chi connectivity index (χ1n) is 11.4. The molecular weight excluding hydrogens is 404 g/mol. The van der Waals surface area contributed by atoms with E-state index in [1.165, 1.54) is 0 Å². The largest absolute Gasteiger partial charge is 0.381 e. The van der Waals surface area contributed by atoms with Crippen LogP contribution in [0.25, 0.3) is 0 Å². The Labute approximate surface area is 189 Å². The van der Waals surface area contributed by atoms with Gasteiger partial charge in [0.15, 0.2) is 0 Å². The summed E-state index contributed by atoms with van der Waals surface area (Å²) >= 11 is 0. The molecule has 1 saturated heterocycles. The van der Waals surface area contributed by atoms with Gasteiger partial charge in [-0.05, 0) is 62.6 Å². The highest BCUT2D eigenvalue weighted by atomic mass is 16.5. The molecule has 7 heteroatoms. The third-order valence-corrected chi connectivity index (χ3v) is 6.67. The number of carbonyl (C=O) groups excluding carboxylic acids is 2. The lowest BCUT2D eigenvalue weighted by Crippen LogP contribution is -2.48. The monoisotopic (exact) mass is 436 g/mol. The standard InChI is InChI=1S/C25H32N4O3/c1-15-6-5-7-23(26-15)28-24-16(2)17(3)29(18(4)30)22-9-8-19(14-21(22)24)25(31)27-20-10-12-32-13-11-20/h5-9,14,16-17,20,24H,10-13H2,1-4H3,(H,26,28)(H,27,31). The van der Waals surface area contributed by atoms with E-state index in [2.05, 4.69) is 29.5 Å². The highest BCUT2D eigenvalue weighted by Gasteiger charge is 2.38. The first-order chi connectivity index (χ1) is 15.3. The number of hydrogen-bond acceptors (Lipinski definition) is 5. The summed E-state index contributed by atoms with van der Waals surface area (Å²) in [6.45, 7) is 9.10. The molecule has 2 aromatic rings. The number of carbonyl (C=O) groups is 2. The average Bonchev–Trinajstić information content (AvgIpc) is 2.77. The lowest BCUT2D eigenvalue weighted by atomic mass is 9.82. The third kappa shape index (κ3) is 4.48. The number of ether oxygens (including phenoxy) is 1. The van der Waals surface area contributed by atoms with Crippen LogP contribution < -0.4 is 15.5 Å². The van der Waals surface area contributed by atoms with E-state index in [9.17, 15) is 9.59 Å². The number of anilines is 2. The molecule has 2 aliphatic rings. The summed E-state index contributed by atoms with van der Waals surface area (Å²) < 4.78 is 5.39. The van der Waals surface area contributed by atoms with Gasteiger partial charge in [0.05, 0.1) is 6.04 Å². The van der Waals surface area contributed by atoms with Gasteiger partial charge in [-0.1, -0.05) is 13.0 Å². The maximum atomic E-state index is 13.0. The van der Waals surface area contributed by atoms with E-state index in [0.717, 1.165) is 35.6 Å². The molecule has 7 nitrogen and oxygen atoms in total. The fraction of sp³-hybridized carbons (Fsp3) is 0.480. The number of benzene rings is 1. The number of aryl methyl sites for hydroxylation is 1. The Kier molecular flexibility index (Phi) is 6.46. The van der Waals surface area contributed by atoms with E-state index >= 15 is 0 Å². The van der Waals surface area contributed by atoms with Gasteiger partial charge in [-0.3, -0.25) is 9.59 Å². The quantitative estimate of drug-likeness (QED) is 0.761. The molecule has 0 radical (unpaired) electrons. The zero-order valence-electron chi connectivity index (χ0n) is 19.2. The van der Waals surface area contributed by atoms with Gasteiger partial charge in [-0.15, -0.1) is 0 Å². The maximum Gasteiger partial charge on any atom is 0.251 e. The predicted molar refractivity (Wildman–Crippen MR) is 125 cm³/mol. The molecule has 1 aromatic heterocycles. The van der Waals surface area contributed by atoms with Crippen molar-refractivity contribution < 1.29 is 14.3 Å². The molecule has 0 bridgehead atoms. The van der Waals surface area contributed by atoms with Crippen molar-refractivity contribution in [2.45, 2.75) is 58.7 Å². The third-order valence-electron chi connectivity index (χ3n) is 6.67. The van der Waals surface area contributed by atoms with Gasteiger partial charge in [-0.25, -0.2) is 4.98 Å². The Morgan fingerprint density at radius 1 is 1.12 bits per heavy atom. The summed E-state index contributed by atoms with van der Waals surface area (Å²) in [6.07, 6.45) is 1.65. The molecule has 4 rings (SSSR count). The lowest BCUT2D eigenvalue weighted by molar-refractivity contribution is -0.117. The molecule has 0 saturated carbocycles. The van der Waals surface area contributed by atoms with Crippen LogP contribution in [0, 0.1) is 12.8 Å². The lowest BCUT2D eigenvalue weighted by Gasteiger charge is -2.44. The van der Waals surface area contributed by atoms with E-state index in [-0.39, 0.29) is 35.9 Å². The van der Waals surface area contributed by atoms with Crippen LogP contribution in [0.2, 0.25) is 0 Å². The second kappa shape index (κ2) is 9.28. The smallest absolute Gasteiger partial charge is 0.251 e. The van der Waals surface area contributed by atoms with Gasteiger partial charge in [0.2, 0.25) is 5.91 Å². The first kappa shape index (κ1) is 22.3. The van der Waals surface area contributed by atoms with E-state index in [1.807, 2.05) is 48.2 Å². The van der Waals surface area contributed by atoms with E-state index in [0.29, 0.717) is 18.8 Å². The summed E-state index contributed by atoms with van der Waals surface area (Å²) in [4.78, 5) is 32.0. The number of rotatable bonds is 4. The van der Waals surface area contributed by atoms with Gasteiger partial charge >= 0.3 is 0 Å². The molecule has 3 atom stereocenters. The minimum absolute atomic E-state index is 0.00265. The van der Waals surface area contributed by atoms with Gasteiger partial charge in [0.1, 0.15) is 5.82 Å². The Morgan fingerprint density at radius 3 is 2.56 bits per heavy atom. The SMILES string of the molecule is CC(=O)N1c2ccc(C(=O)NC3CCOCC3)cc2C(Nc2cccc(C)n2)C(C)C1C. The molecule has 32 heavy (non-hydrogen) atoms. The molecule has 0 spiro atoms. The molecule has 170 valence electrons. The number of hydrogen-bond donors (Lipinski definition) is 2. The number of aromatic nitrogens is 1. The number of fused-ring (bicyclic) bond motifs is 1. The Hall–Kier alpha value is -2.93. The molecule has 2 aliphatic heterocycles. The van der Waals surface area contributed by atoms with Crippen LogP contribution in [0.4, 0.5) is 11.5 Å². The van der Waals surface area contributed by atoms with Crippen molar-refractivity contribution in [3.63, 3.8) is 0 Å². The first-order valence-corrected chi connectivity index (χ1v) is 11.4. The molecule has 2 amide bonds. The van der Waals surface area contributed by atoms with Crippen LogP contribution >= 0.6 is 0 Å². The predicted octanol–water partition coefficient (Wildman–Crippen LogP) is 3.84. The van der Waals surface area contributed by atoms with Crippen molar-refractivity contribution >= 4 is 23.3 Å². The van der Waals surface area contributed by atoms with E-state index in [4.69, 9.17) is 4.74 Å². The summed E-state index contributed by atoms with van der Waals surface area (Å²) in [5.74, 6) is 0.806. The molecule has 0 aliphatic carbocycles. The van der Waals surface area contributed by atoms with Crippen molar-refractivity contribution in [1.29, 1.82) is 0 Å². The van der Waals surface area contributed by atoms with Crippen molar-refractivity contribution in [1.82, 2.24) is 10.3 Å². The van der Waals surface area contributed by atoms with E-state index in [1.54, 1.807) is 6.92 Å². The Bertz CT molecular complexity index is 1000. The fourth-order valence-electron chi connectivity index (χ4n) is 4.74.